The smallest absolute Gasteiger partial charge is 0.164 e. The highest BCUT2D eigenvalue weighted by atomic mass is 32.1. The molecule has 0 saturated heterocycles. The summed E-state index contributed by atoms with van der Waals surface area (Å²) in [6.45, 7) is 0. The van der Waals surface area contributed by atoms with Crippen LogP contribution >= 0.6 is 11.3 Å². The maximum Gasteiger partial charge on any atom is 0.164 e. The quantitative estimate of drug-likeness (QED) is 0.179. The van der Waals surface area contributed by atoms with Gasteiger partial charge in [0, 0.05) is 69.2 Å². The highest BCUT2D eigenvalue weighted by Crippen LogP contribution is 2.43. The number of para-hydroxylation sites is 1. The number of thiophene rings is 1. The van der Waals surface area contributed by atoms with E-state index in [0.717, 1.165) is 55.1 Å². The molecular formula is C53H30N4OS. The van der Waals surface area contributed by atoms with Gasteiger partial charge in [0.2, 0.25) is 0 Å². The topological polar surface area (TPSA) is 56.7 Å². The maximum absolute atomic E-state index is 6.86. The number of furan rings is 1. The van der Waals surface area contributed by atoms with Gasteiger partial charge in [0.05, 0.1) is 16.7 Å². The summed E-state index contributed by atoms with van der Waals surface area (Å²) in [5.74, 6) is 1.85. The summed E-state index contributed by atoms with van der Waals surface area (Å²) in [5, 5.41) is 11.7. The van der Waals surface area contributed by atoms with E-state index in [-0.39, 0.29) is 0 Å². The van der Waals surface area contributed by atoms with Crippen LogP contribution in [0, 0.1) is 0 Å². The molecule has 0 bridgehead atoms. The van der Waals surface area contributed by atoms with Crippen LogP contribution in [0.1, 0.15) is 0 Å². The van der Waals surface area contributed by atoms with Gasteiger partial charge in [0.25, 0.3) is 0 Å². The Morgan fingerprint density at radius 2 is 0.983 bits per heavy atom. The molecule has 0 fully saturated rings. The van der Waals surface area contributed by atoms with E-state index in [0.29, 0.717) is 17.5 Å². The van der Waals surface area contributed by atoms with Crippen molar-refractivity contribution in [3.8, 4) is 39.9 Å². The molecule has 0 atom stereocenters. The summed E-state index contributed by atoms with van der Waals surface area (Å²) < 4.78 is 11.8. The summed E-state index contributed by atoms with van der Waals surface area (Å²) in [4.78, 5) is 15.2. The van der Waals surface area contributed by atoms with Gasteiger partial charge in [-0.1, -0.05) is 133 Å². The Hall–Kier alpha value is -7.67. The third-order valence-electron chi connectivity index (χ3n) is 11.8. The first kappa shape index (κ1) is 32.4. The van der Waals surface area contributed by atoms with Crippen molar-refractivity contribution in [1.29, 1.82) is 0 Å². The van der Waals surface area contributed by atoms with Crippen molar-refractivity contribution in [2.45, 2.75) is 0 Å². The lowest BCUT2D eigenvalue weighted by Crippen LogP contribution is -2.00. The number of rotatable bonds is 4. The molecule has 0 aliphatic heterocycles. The lowest BCUT2D eigenvalue weighted by Gasteiger charge is -2.13. The molecule has 6 heteroatoms. The van der Waals surface area contributed by atoms with Crippen molar-refractivity contribution in [2.75, 3.05) is 0 Å². The van der Waals surface area contributed by atoms with Crippen molar-refractivity contribution in [2.24, 2.45) is 0 Å². The number of fused-ring (bicyclic) bond motifs is 12. The monoisotopic (exact) mass is 770 g/mol. The Morgan fingerprint density at radius 3 is 1.80 bits per heavy atom. The van der Waals surface area contributed by atoms with Gasteiger partial charge in [-0.2, -0.15) is 0 Å². The highest BCUT2D eigenvalue weighted by Gasteiger charge is 2.21. The molecular weight excluding hydrogens is 741 g/mol. The van der Waals surface area contributed by atoms with Gasteiger partial charge >= 0.3 is 0 Å². The Bertz CT molecular complexity index is 3860. The second kappa shape index (κ2) is 12.4. The van der Waals surface area contributed by atoms with Crippen LogP contribution < -0.4 is 0 Å². The minimum Gasteiger partial charge on any atom is -0.455 e. The zero-order valence-corrected chi connectivity index (χ0v) is 32.2. The Morgan fingerprint density at radius 1 is 0.373 bits per heavy atom. The lowest BCUT2D eigenvalue weighted by molar-refractivity contribution is 0.672. The number of hydrogen-bond acceptors (Lipinski definition) is 5. The molecule has 0 N–H and O–H groups in total. The van der Waals surface area contributed by atoms with E-state index < -0.39 is 0 Å². The molecule has 5 nitrogen and oxygen atoms in total. The average Bonchev–Trinajstić information content (AvgIpc) is 3.97. The molecule has 9 aromatic carbocycles. The predicted molar refractivity (Wildman–Crippen MR) is 246 cm³/mol. The molecule has 0 radical (unpaired) electrons. The van der Waals surface area contributed by atoms with Crippen molar-refractivity contribution < 1.29 is 4.42 Å². The van der Waals surface area contributed by atoms with Gasteiger partial charge in [-0.3, -0.25) is 0 Å². The van der Waals surface area contributed by atoms with E-state index in [1.165, 1.54) is 52.8 Å². The van der Waals surface area contributed by atoms with Crippen molar-refractivity contribution in [1.82, 2.24) is 19.5 Å². The van der Waals surface area contributed by atoms with Crippen LogP contribution in [0.4, 0.5) is 0 Å². The fourth-order valence-corrected chi connectivity index (χ4v) is 10.2. The van der Waals surface area contributed by atoms with Crippen molar-refractivity contribution in [3.63, 3.8) is 0 Å². The maximum atomic E-state index is 6.86. The molecule has 274 valence electrons. The number of nitrogens with zero attached hydrogens (tertiary/aromatic N) is 4. The van der Waals surface area contributed by atoms with Gasteiger partial charge in [-0.05, 0) is 59.3 Å². The van der Waals surface area contributed by atoms with E-state index >= 15 is 0 Å². The summed E-state index contributed by atoms with van der Waals surface area (Å²) in [6.07, 6.45) is 0. The van der Waals surface area contributed by atoms with E-state index in [1.807, 2.05) is 30.3 Å². The molecule has 4 aromatic heterocycles. The van der Waals surface area contributed by atoms with Gasteiger partial charge in [-0.15, -0.1) is 11.3 Å². The van der Waals surface area contributed by atoms with Crippen molar-refractivity contribution >= 4 is 96.8 Å². The fraction of sp³-hybridized carbons (Fsp3) is 0. The van der Waals surface area contributed by atoms with Crippen LogP contribution in [0.3, 0.4) is 0 Å². The SMILES string of the molecule is c1ccc(-c2nc(-c3ccc4c(c3)oc3c5ccccc5c(-n5c6ccccc6c6cc7ccccc7cc65)cc43)nc(-c3ccc4c(c3)sc3ccccc34)n2)cc1. The average molecular weight is 771 g/mol. The third kappa shape index (κ3) is 4.94. The van der Waals surface area contributed by atoms with Crippen LogP contribution in [-0.2, 0) is 0 Å². The summed E-state index contributed by atoms with van der Waals surface area (Å²) in [5.41, 5.74) is 7.85. The van der Waals surface area contributed by atoms with E-state index in [4.69, 9.17) is 19.4 Å². The summed E-state index contributed by atoms with van der Waals surface area (Å²) in [6, 6.07) is 64.5. The minimum absolute atomic E-state index is 0.593. The normalized spacial score (nSPS) is 12.1. The minimum atomic E-state index is 0.593. The first-order valence-electron chi connectivity index (χ1n) is 19.8. The van der Waals surface area contributed by atoms with Crippen LogP contribution in [0.2, 0.25) is 0 Å². The third-order valence-corrected chi connectivity index (χ3v) is 12.9. The van der Waals surface area contributed by atoms with E-state index in [2.05, 4.69) is 156 Å². The fourth-order valence-electron chi connectivity index (χ4n) is 9.03. The van der Waals surface area contributed by atoms with Crippen LogP contribution in [0.25, 0.3) is 125 Å². The number of aromatic nitrogens is 4. The molecule has 0 aliphatic carbocycles. The molecule has 59 heavy (non-hydrogen) atoms. The van der Waals surface area contributed by atoms with Gasteiger partial charge < -0.3 is 8.98 Å². The summed E-state index contributed by atoms with van der Waals surface area (Å²) in [7, 11) is 0. The van der Waals surface area contributed by atoms with E-state index in [1.54, 1.807) is 11.3 Å². The zero-order valence-electron chi connectivity index (χ0n) is 31.4. The molecule has 13 aromatic rings. The second-order valence-corrected chi connectivity index (χ2v) is 16.3. The van der Waals surface area contributed by atoms with Crippen LogP contribution in [0.5, 0.6) is 0 Å². The molecule has 0 aliphatic rings. The predicted octanol–water partition coefficient (Wildman–Crippen LogP) is 14.5. The first-order valence-corrected chi connectivity index (χ1v) is 20.6. The van der Waals surface area contributed by atoms with Gasteiger partial charge in [0.1, 0.15) is 11.2 Å². The van der Waals surface area contributed by atoms with Crippen molar-refractivity contribution in [3.05, 3.63) is 182 Å². The number of hydrogen-bond donors (Lipinski definition) is 0. The molecule has 0 amide bonds. The zero-order chi connectivity index (χ0) is 38.6. The molecule has 0 spiro atoms. The molecule has 0 unspecified atom stereocenters. The Kier molecular flexibility index (Phi) is 6.82. The Labute approximate surface area is 341 Å². The Balaban J connectivity index is 1.01. The highest BCUT2D eigenvalue weighted by molar-refractivity contribution is 7.25. The van der Waals surface area contributed by atoms with E-state index in [9.17, 15) is 0 Å². The van der Waals surface area contributed by atoms with Crippen LogP contribution in [-0.4, -0.2) is 19.5 Å². The van der Waals surface area contributed by atoms with Crippen LogP contribution in [0.15, 0.2) is 186 Å². The standard InChI is InChI=1S/C53H30N4OS/c1-2-12-31(13-3-1)51-54-52(56-53(55-51)35-23-25-40-39-18-9-11-21-48(39)59-49(40)29-35)34-22-24-38-43-30-46(36-16-6-7-19-41(36)50(43)58-47(38)28-34)57-44-20-10-8-17-37(44)42-26-32-14-4-5-15-33(32)27-45(42)57/h1-30H. The largest absolute Gasteiger partial charge is 0.455 e. The molecule has 13 rings (SSSR count). The second-order valence-electron chi connectivity index (χ2n) is 15.2. The number of benzene rings is 9. The molecule has 4 heterocycles. The summed E-state index contributed by atoms with van der Waals surface area (Å²) >= 11 is 1.79. The molecule has 0 saturated carbocycles. The lowest BCUT2D eigenvalue weighted by atomic mass is 10.0. The first-order chi connectivity index (χ1) is 29.2. The van der Waals surface area contributed by atoms with Gasteiger partial charge in [-0.25, -0.2) is 15.0 Å². The van der Waals surface area contributed by atoms with Gasteiger partial charge in [0.15, 0.2) is 17.5 Å².